The maximum Gasteiger partial charge on any atom is 0.328 e. The summed E-state index contributed by atoms with van der Waals surface area (Å²) in [5.74, 6) is 1.59. The lowest BCUT2D eigenvalue weighted by Crippen LogP contribution is -2.37. The van der Waals surface area contributed by atoms with E-state index in [2.05, 4.69) is 10.2 Å². The van der Waals surface area contributed by atoms with Gasteiger partial charge < -0.3 is 15.3 Å². The molecule has 2 N–H and O–H groups in total. The highest BCUT2D eigenvalue weighted by molar-refractivity contribution is 7.99. The van der Waals surface area contributed by atoms with Gasteiger partial charge in [0, 0.05) is 50.3 Å². The average molecular weight is 230 g/mol. The zero-order chi connectivity index (χ0) is 10.9. The minimum absolute atomic E-state index is 0.634. The first-order chi connectivity index (χ1) is 7.29. The van der Waals surface area contributed by atoms with Crippen LogP contribution in [0.4, 0.5) is 0 Å². The number of nitrogens with zero attached hydrogens (tertiary/aromatic N) is 1. The van der Waals surface area contributed by atoms with Crippen molar-refractivity contribution in [2.24, 2.45) is 0 Å². The van der Waals surface area contributed by atoms with Crippen molar-refractivity contribution in [3.05, 3.63) is 12.2 Å². The van der Waals surface area contributed by atoms with E-state index < -0.39 is 5.97 Å². The molecule has 0 amide bonds. The van der Waals surface area contributed by atoms with Crippen LogP contribution in [0.2, 0.25) is 0 Å². The molecule has 0 spiro atoms. The minimum Gasteiger partial charge on any atom is -0.478 e. The van der Waals surface area contributed by atoms with E-state index in [0.29, 0.717) is 6.54 Å². The largest absolute Gasteiger partial charge is 0.478 e. The maximum atomic E-state index is 10.2. The third-order valence-corrected chi connectivity index (χ3v) is 3.17. The maximum absolute atomic E-state index is 10.2. The summed E-state index contributed by atoms with van der Waals surface area (Å²) in [6, 6.07) is 0. The fourth-order valence-corrected chi connectivity index (χ4v) is 2.39. The van der Waals surface area contributed by atoms with Crippen LogP contribution in [0, 0.1) is 0 Å². The van der Waals surface area contributed by atoms with Crippen molar-refractivity contribution in [2.45, 2.75) is 0 Å². The molecular formula is C10H18N2O2S. The van der Waals surface area contributed by atoms with Crippen molar-refractivity contribution >= 4 is 17.7 Å². The molecule has 86 valence electrons. The van der Waals surface area contributed by atoms with Gasteiger partial charge in [0.15, 0.2) is 0 Å². The Kier molecular flexibility index (Phi) is 6.47. The molecule has 1 aliphatic heterocycles. The van der Waals surface area contributed by atoms with E-state index in [1.54, 1.807) is 6.08 Å². The lowest BCUT2D eigenvalue weighted by molar-refractivity contribution is -0.131. The normalized spacial score (nSPS) is 18.4. The topological polar surface area (TPSA) is 52.6 Å². The van der Waals surface area contributed by atoms with Crippen LogP contribution in [-0.2, 0) is 4.79 Å². The first-order valence-corrected chi connectivity index (χ1v) is 6.35. The summed E-state index contributed by atoms with van der Waals surface area (Å²) < 4.78 is 0. The Morgan fingerprint density at radius 1 is 1.47 bits per heavy atom. The van der Waals surface area contributed by atoms with E-state index in [9.17, 15) is 4.79 Å². The number of nitrogens with one attached hydrogen (secondary N) is 1. The van der Waals surface area contributed by atoms with Gasteiger partial charge >= 0.3 is 5.97 Å². The Labute approximate surface area is 94.7 Å². The van der Waals surface area contributed by atoms with E-state index >= 15 is 0 Å². The van der Waals surface area contributed by atoms with Crippen LogP contribution in [0.25, 0.3) is 0 Å². The predicted octanol–water partition coefficient (Wildman–Crippen LogP) is 0.266. The molecule has 0 aromatic carbocycles. The predicted molar refractivity (Wildman–Crippen MR) is 63.4 cm³/mol. The number of thioether (sulfide) groups is 1. The van der Waals surface area contributed by atoms with Gasteiger partial charge in [-0.3, -0.25) is 0 Å². The van der Waals surface area contributed by atoms with Crippen molar-refractivity contribution in [2.75, 3.05) is 44.2 Å². The first kappa shape index (κ1) is 12.5. The Bertz CT molecular complexity index is 215. The van der Waals surface area contributed by atoms with Crippen LogP contribution in [0.15, 0.2) is 12.2 Å². The van der Waals surface area contributed by atoms with Gasteiger partial charge in [-0.15, -0.1) is 0 Å². The summed E-state index contributed by atoms with van der Waals surface area (Å²) in [6.45, 7) is 4.97. The first-order valence-electron chi connectivity index (χ1n) is 5.19. The molecule has 1 fully saturated rings. The zero-order valence-corrected chi connectivity index (χ0v) is 9.63. The second-order valence-corrected chi connectivity index (χ2v) is 4.62. The molecule has 0 aromatic heterocycles. The molecular weight excluding hydrogens is 212 g/mol. The van der Waals surface area contributed by atoms with Crippen LogP contribution < -0.4 is 5.32 Å². The molecule has 1 saturated heterocycles. The van der Waals surface area contributed by atoms with Gasteiger partial charge in [-0.25, -0.2) is 4.79 Å². The van der Waals surface area contributed by atoms with Crippen molar-refractivity contribution in [3.8, 4) is 0 Å². The van der Waals surface area contributed by atoms with Crippen LogP contribution >= 0.6 is 11.8 Å². The van der Waals surface area contributed by atoms with Crippen LogP contribution in [-0.4, -0.2) is 60.2 Å². The fourth-order valence-electron chi connectivity index (χ4n) is 1.41. The van der Waals surface area contributed by atoms with Crippen molar-refractivity contribution < 1.29 is 9.90 Å². The summed E-state index contributed by atoms with van der Waals surface area (Å²) >= 11 is 2.01. The third-order valence-electron chi connectivity index (χ3n) is 2.23. The van der Waals surface area contributed by atoms with E-state index in [-0.39, 0.29) is 0 Å². The molecule has 0 bridgehead atoms. The van der Waals surface area contributed by atoms with E-state index in [4.69, 9.17) is 5.11 Å². The summed E-state index contributed by atoms with van der Waals surface area (Å²) in [5.41, 5.74) is 0. The van der Waals surface area contributed by atoms with E-state index in [1.807, 2.05) is 11.8 Å². The lowest BCUT2D eigenvalue weighted by Gasteiger charge is -2.25. The average Bonchev–Trinajstić information content (AvgIpc) is 2.24. The van der Waals surface area contributed by atoms with Crippen molar-refractivity contribution in [3.63, 3.8) is 0 Å². The number of carbonyl (C=O) groups is 1. The summed E-state index contributed by atoms with van der Waals surface area (Å²) in [4.78, 5) is 12.6. The van der Waals surface area contributed by atoms with Gasteiger partial charge in [0.2, 0.25) is 0 Å². The molecule has 1 heterocycles. The molecule has 0 atom stereocenters. The van der Waals surface area contributed by atoms with Crippen LogP contribution in [0.1, 0.15) is 0 Å². The van der Waals surface area contributed by atoms with Gasteiger partial charge in [0.1, 0.15) is 0 Å². The standard InChI is InChI=1S/C10H18N2O2S/c13-10(14)2-1-3-11-4-5-12-6-8-15-9-7-12/h1-2,11H,3-9H2,(H,13,14)/b2-1+. The molecule has 0 aromatic rings. The monoisotopic (exact) mass is 230 g/mol. The van der Waals surface area contributed by atoms with Gasteiger partial charge in [-0.1, -0.05) is 6.08 Å². The Hall–Kier alpha value is -0.520. The number of hydrogen-bond donors (Lipinski definition) is 2. The second kappa shape index (κ2) is 7.73. The van der Waals surface area contributed by atoms with Crippen molar-refractivity contribution in [1.29, 1.82) is 0 Å². The molecule has 0 saturated carbocycles. The SMILES string of the molecule is O=C(O)/C=C/CNCCN1CCSCC1. The van der Waals surface area contributed by atoms with Crippen LogP contribution in [0.5, 0.6) is 0 Å². The molecule has 0 aliphatic carbocycles. The molecule has 5 heteroatoms. The quantitative estimate of drug-likeness (QED) is 0.506. The molecule has 0 unspecified atom stereocenters. The smallest absolute Gasteiger partial charge is 0.328 e. The molecule has 4 nitrogen and oxygen atoms in total. The summed E-state index contributed by atoms with van der Waals surface area (Å²) in [6.07, 6.45) is 2.80. The molecule has 0 radical (unpaired) electrons. The number of hydrogen-bond acceptors (Lipinski definition) is 4. The van der Waals surface area contributed by atoms with E-state index in [0.717, 1.165) is 13.1 Å². The van der Waals surface area contributed by atoms with Crippen LogP contribution in [0.3, 0.4) is 0 Å². The highest BCUT2D eigenvalue weighted by Gasteiger charge is 2.08. The highest BCUT2D eigenvalue weighted by atomic mass is 32.2. The summed E-state index contributed by atoms with van der Waals surface area (Å²) in [7, 11) is 0. The Morgan fingerprint density at radius 2 is 2.20 bits per heavy atom. The second-order valence-electron chi connectivity index (χ2n) is 3.40. The van der Waals surface area contributed by atoms with Crippen molar-refractivity contribution in [1.82, 2.24) is 10.2 Å². The number of carboxylic acids is 1. The Balaban J connectivity index is 1.94. The number of aliphatic carboxylic acids is 1. The third kappa shape index (κ3) is 6.54. The number of carboxylic acid groups (broad SMARTS) is 1. The van der Waals surface area contributed by atoms with E-state index in [1.165, 1.54) is 30.7 Å². The summed E-state index contributed by atoms with van der Waals surface area (Å²) in [5, 5.41) is 11.5. The lowest BCUT2D eigenvalue weighted by atomic mass is 10.4. The fraction of sp³-hybridized carbons (Fsp3) is 0.700. The Morgan fingerprint density at radius 3 is 2.87 bits per heavy atom. The molecule has 1 rings (SSSR count). The van der Waals surface area contributed by atoms with Gasteiger partial charge in [0.25, 0.3) is 0 Å². The van der Waals surface area contributed by atoms with Gasteiger partial charge in [0.05, 0.1) is 0 Å². The molecule has 1 aliphatic rings. The molecule has 15 heavy (non-hydrogen) atoms. The minimum atomic E-state index is -0.884. The number of rotatable bonds is 6. The zero-order valence-electron chi connectivity index (χ0n) is 8.82. The van der Waals surface area contributed by atoms with Gasteiger partial charge in [-0.2, -0.15) is 11.8 Å². The highest BCUT2D eigenvalue weighted by Crippen LogP contribution is 2.07. The van der Waals surface area contributed by atoms with Gasteiger partial charge in [-0.05, 0) is 0 Å².